The molecule has 2 aromatic carbocycles. The molecule has 1 saturated heterocycles. The van der Waals surface area contributed by atoms with Gasteiger partial charge in [-0.15, -0.1) is 0 Å². The van der Waals surface area contributed by atoms with Crippen molar-refractivity contribution in [3.63, 3.8) is 0 Å². The SMILES string of the molecule is CN=C(NCCc1ccc(OC)cc1O)NC1CCN(c2ccc(C)cc2)C1. The summed E-state index contributed by atoms with van der Waals surface area (Å²) in [7, 11) is 3.38. The van der Waals surface area contributed by atoms with Crippen molar-refractivity contribution in [2.75, 3.05) is 38.7 Å². The van der Waals surface area contributed by atoms with Crippen LogP contribution in [0.4, 0.5) is 5.69 Å². The summed E-state index contributed by atoms with van der Waals surface area (Å²) in [5.74, 6) is 1.71. The molecule has 1 atom stereocenters. The molecule has 1 aliphatic rings. The molecule has 0 aromatic heterocycles. The number of hydrogen-bond acceptors (Lipinski definition) is 4. The summed E-state index contributed by atoms with van der Waals surface area (Å²) in [4.78, 5) is 6.74. The van der Waals surface area contributed by atoms with Crippen molar-refractivity contribution in [2.45, 2.75) is 25.8 Å². The Morgan fingerprint density at radius 1 is 1.25 bits per heavy atom. The summed E-state index contributed by atoms with van der Waals surface area (Å²) < 4.78 is 5.12. The Morgan fingerprint density at radius 3 is 2.71 bits per heavy atom. The number of methoxy groups -OCH3 is 1. The maximum atomic E-state index is 10.1. The summed E-state index contributed by atoms with van der Waals surface area (Å²) in [5.41, 5.74) is 3.44. The van der Waals surface area contributed by atoms with Gasteiger partial charge in [-0.25, -0.2) is 0 Å². The third-order valence-corrected chi connectivity index (χ3v) is 5.13. The van der Waals surface area contributed by atoms with Crippen molar-refractivity contribution in [2.24, 2.45) is 4.99 Å². The average molecular weight is 383 g/mol. The summed E-state index contributed by atoms with van der Waals surface area (Å²) in [5, 5.41) is 16.9. The Bertz CT molecular complexity index is 805. The van der Waals surface area contributed by atoms with Gasteiger partial charge in [0, 0.05) is 44.5 Å². The molecule has 1 fully saturated rings. The molecule has 0 aliphatic carbocycles. The smallest absolute Gasteiger partial charge is 0.191 e. The predicted molar refractivity (Wildman–Crippen MR) is 115 cm³/mol. The molecule has 0 saturated carbocycles. The lowest BCUT2D eigenvalue weighted by molar-refractivity contribution is 0.406. The van der Waals surface area contributed by atoms with Crippen LogP contribution in [0, 0.1) is 6.92 Å². The van der Waals surface area contributed by atoms with E-state index in [0.717, 1.165) is 31.0 Å². The van der Waals surface area contributed by atoms with Crippen LogP contribution in [0.3, 0.4) is 0 Å². The topological polar surface area (TPSA) is 69.1 Å². The van der Waals surface area contributed by atoms with Crippen molar-refractivity contribution in [3.8, 4) is 11.5 Å². The monoisotopic (exact) mass is 382 g/mol. The highest BCUT2D eigenvalue weighted by molar-refractivity contribution is 5.80. The van der Waals surface area contributed by atoms with Gasteiger partial charge in [0.1, 0.15) is 11.5 Å². The molecule has 3 rings (SSSR count). The third-order valence-electron chi connectivity index (χ3n) is 5.13. The summed E-state index contributed by atoms with van der Waals surface area (Å²) in [6, 6.07) is 14.4. The van der Waals surface area contributed by atoms with Gasteiger partial charge in [0.15, 0.2) is 5.96 Å². The number of guanidine groups is 1. The Balaban J connectivity index is 1.46. The number of aliphatic imine (C=N–C) groups is 1. The number of aromatic hydroxyl groups is 1. The van der Waals surface area contributed by atoms with Crippen LogP contribution in [-0.2, 0) is 6.42 Å². The minimum absolute atomic E-state index is 0.258. The third kappa shape index (κ3) is 5.09. The van der Waals surface area contributed by atoms with Gasteiger partial charge in [0.2, 0.25) is 0 Å². The zero-order valence-electron chi connectivity index (χ0n) is 16.9. The van der Waals surface area contributed by atoms with Gasteiger partial charge in [-0.2, -0.15) is 0 Å². The van der Waals surface area contributed by atoms with Crippen molar-refractivity contribution in [3.05, 3.63) is 53.6 Å². The van der Waals surface area contributed by atoms with Crippen LogP contribution >= 0.6 is 0 Å². The molecule has 3 N–H and O–H groups in total. The first kappa shape index (κ1) is 19.9. The van der Waals surface area contributed by atoms with Crippen LogP contribution < -0.4 is 20.3 Å². The summed E-state index contributed by atoms with van der Waals surface area (Å²) >= 11 is 0. The second kappa shape index (κ2) is 9.35. The number of anilines is 1. The zero-order chi connectivity index (χ0) is 19.9. The van der Waals surface area contributed by atoms with Gasteiger partial charge in [-0.3, -0.25) is 4.99 Å². The first-order valence-electron chi connectivity index (χ1n) is 9.73. The van der Waals surface area contributed by atoms with Gasteiger partial charge in [0.05, 0.1) is 7.11 Å². The predicted octanol–water partition coefficient (Wildman–Crippen LogP) is 2.70. The quantitative estimate of drug-likeness (QED) is 0.529. The number of phenolic OH excluding ortho intramolecular Hbond substituents is 1. The largest absolute Gasteiger partial charge is 0.508 e. The van der Waals surface area contributed by atoms with E-state index in [1.165, 1.54) is 11.3 Å². The van der Waals surface area contributed by atoms with E-state index < -0.39 is 0 Å². The summed E-state index contributed by atoms with van der Waals surface area (Å²) in [6.07, 6.45) is 1.78. The fourth-order valence-corrected chi connectivity index (χ4v) is 3.45. The minimum Gasteiger partial charge on any atom is -0.508 e. The average Bonchev–Trinajstić information content (AvgIpc) is 3.17. The van der Waals surface area contributed by atoms with E-state index in [1.54, 1.807) is 20.2 Å². The van der Waals surface area contributed by atoms with Gasteiger partial charge in [-0.05, 0) is 43.5 Å². The fourth-order valence-electron chi connectivity index (χ4n) is 3.45. The Kier molecular flexibility index (Phi) is 6.63. The molecule has 2 aromatic rings. The van der Waals surface area contributed by atoms with Gasteiger partial charge >= 0.3 is 0 Å². The highest BCUT2D eigenvalue weighted by Gasteiger charge is 2.23. The van der Waals surface area contributed by atoms with Gasteiger partial charge < -0.3 is 25.4 Å². The molecule has 28 heavy (non-hydrogen) atoms. The molecule has 1 heterocycles. The molecule has 0 spiro atoms. The lowest BCUT2D eigenvalue weighted by Crippen LogP contribution is -2.45. The first-order valence-corrected chi connectivity index (χ1v) is 9.73. The molecule has 1 aliphatic heterocycles. The van der Waals surface area contributed by atoms with E-state index in [9.17, 15) is 5.11 Å². The molecule has 0 bridgehead atoms. The molecular weight excluding hydrogens is 352 g/mol. The Labute approximate surface area is 167 Å². The van der Waals surface area contributed by atoms with Crippen molar-refractivity contribution >= 4 is 11.6 Å². The minimum atomic E-state index is 0.258. The van der Waals surface area contributed by atoms with Crippen molar-refractivity contribution in [1.29, 1.82) is 0 Å². The van der Waals surface area contributed by atoms with Gasteiger partial charge in [0.25, 0.3) is 0 Å². The van der Waals surface area contributed by atoms with Crippen LogP contribution in [0.15, 0.2) is 47.5 Å². The van der Waals surface area contributed by atoms with Crippen LogP contribution in [0.2, 0.25) is 0 Å². The second-order valence-electron chi connectivity index (χ2n) is 7.16. The molecule has 1 unspecified atom stereocenters. The number of phenols is 1. The lowest BCUT2D eigenvalue weighted by Gasteiger charge is -2.20. The molecular formula is C22H30N4O2. The maximum absolute atomic E-state index is 10.1. The van der Waals surface area contributed by atoms with Crippen LogP contribution in [0.25, 0.3) is 0 Å². The number of benzene rings is 2. The molecule has 0 radical (unpaired) electrons. The van der Waals surface area contributed by atoms with Crippen LogP contribution in [0.5, 0.6) is 11.5 Å². The number of rotatable bonds is 6. The molecule has 0 amide bonds. The number of nitrogens with zero attached hydrogens (tertiary/aromatic N) is 2. The molecule has 6 heteroatoms. The fraction of sp³-hybridized carbons (Fsp3) is 0.409. The number of ether oxygens (including phenoxy) is 1. The van der Waals surface area contributed by atoms with E-state index in [1.807, 2.05) is 12.1 Å². The first-order chi connectivity index (χ1) is 13.6. The highest BCUT2D eigenvalue weighted by atomic mass is 16.5. The van der Waals surface area contributed by atoms with Crippen LogP contribution in [0.1, 0.15) is 17.5 Å². The number of nitrogens with one attached hydrogen (secondary N) is 2. The van der Waals surface area contributed by atoms with Crippen molar-refractivity contribution < 1.29 is 9.84 Å². The Hall–Kier alpha value is -2.89. The van der Waals surface area contributed by atoms with E-state index in [0.29, 0.717) is 24.8 Å². The zero-order valence-corrected chi connectivity index (χ0v) is 16.9. The van der Waals surface area contributed by atoms with E-state index in [4.69, 9.17) is 4.74 Å². The second-order valence-corrected chi connectivity index (χ2v) is 7.16. The number of hydrogen-bond donors (Lipinski definition) is 3. The number of aryl methyl sites for hydroxylation is 1. The highest BCUT2D eigenvalue weighted by Crippen LogP contribution is 2.23. The molecule has 6 nitrogen and oxygen atoms in total. The van der Waals surface area contributed by atoms with E-state index in [-0.39, 0.29) is 5.75 Å². The normalized spacial score (nSPS) is 16.9. The van der Waals surface area contributed by atoms with Gasteiger partial charge in [-0.1, -0.05) is 23.8 Å². The van der Waals surface area contributed by atoms with E-state index >= 15 is 0 Å². The lowest BCUT2D eigenvalue weighted by atomic mass is 10.1. The van der Waals surface area contributed by atoms with E-state index in [2.05, 4.69) is 51.7 Å². The maximum Gasteiger partial charge on any atom is 0.191 e. The summed E-state index contributed by atoms with van der Waals surface area (Å²) in [6.45, 7) is 4.80. The Morgan fingerprint density at radius 2 is 2.04 bits per heavy atom. The van der Waals surface area contributed by atoms with Crippen molar-refractivity contribution in [1.82, 2.24) is 10.6 Å². The standard InChI is InChI=1S/C22H30N4O2/c1-16-4-7-19(8-5-16)26-13-11-18(15-26)25-22(23-2)24-12-10-17-6-9-20(28-3)14-21(17)27/h4-9,14,18,27H,10-13,15H2,1-3H3,(H2,23,24,25). The molecule has 150 valence electrons. The van der Waals surface area contributed by atoms with Crippen LogP contribution in [-0.4, -0.2) is 50.9 Å².